The molecule has 0 radical (unpaired) electrons. The fourth-order valence-electron chi connectivity index (χ4n) is 3.89. The maximum Gasteiger partial charge on any atom is 0.357 e. The number of aryl methyl sites for hydroxylation is 1. The Labute approximate surface area is 147 Å². The van der Waals surface area contributed by atoms with Crippen LogP contribution in [0.5, 0.6) is 0 Å². The Balaban J connectivity index is 1.80. The van der Waals surface area contributed by atoms with Crippen LogP contribution >= 0.6 is 0 Å². The first-order valence-corrected chi connectivity index (χ1v) is 8.97. The van der Waals surface area contributed by atoms with Gasteiger partial charge in [0.05, 0.1) is 23.8 Å². The predicted octanol–water partition coefficient (Wildman–Crippen LogP) is 2.87. The third kappa shape index (κ3) is 2.70. The van der Waals surface area contributed by atoms with Gasteiger partial charge in [0.1, 0.15) is 0 Å². The molecule has 2 aromatic heterocycles. The van der Waals surface area contributed by atoms with Crippen molar-refractivity contribution in [2.24, 2.45) is 0 Å². The number of likely N-dealkylation sites (tertiary alicyclic amines) is 1. The number of imidazole rings is 2. The molecule has 0 spiro atoms. The van der Waals surface area contributed by atoms with Crippen molar-refractivity contribution >= 4 is 22.8 Å². The topological polar surface area (TPSA) is 51.8 Å². The quantitative estimate of drug-likeness (QED) is 0.685. The number of hydrogen-bond acceptors (Lipinski definition) is 4. The van der Waals surface area contributed by atoms with E-state index in [-0.39, 0.29) is 5.97 Å². The summed E-state index contributed by atoms with van der Waals surface area (Å²) in [4.78, 5) is 19.5. The molecular formula is C19H24N4O2. The molecule has 0 amide bonds. The van der Waals surface area contributed by atoms with Crippen LogP contribution in [0.3, 0.4) is 0 Å². The lowest BCUT2D eigenvalue weighted by Crippen LogP contribution is -2.32. The van der Waals surface area contributed by atoms with Crippen LogP contribution < -0.4 is 0 Å². The second-order valence-electron chi connectivity index (χ2n) is 6.72. The lowest BCUT2D eigenvalue weighted by molar-refractivity contribution is 0.0592. The monoisotopic (exact) mass is 340 g/mol. The molecule has 0 atom stereocenters. The number of hydrogen-bond donors (Lipinski definition) is 0. The minimum atomic E-state index is -0.344. The number of piperidine rings is 1. The first-order chi connectivity index (χ1) is 12.2. The first kappa shape index (κ1) is 16.1. The molecule has 1 aliphatic heterocycles. The number of para-hydroxylation sites is 2. The van der Waals surface area contributed by atoms with Gasteiger partial charge in [-0.15, -0.1) is 0 Å². The van der Waals surface area contributed by atoms with E-state index in [1.165, 1.54) is 39.5 Å². The zero-order chi connectivity index (χ0) is 17.4. The molecule has 1 saturated heterocycles. The number of methoxy groups -OCH3 is 1. The Morgan fingerprint density at radius 3 is 2.56 bits per heavy atom. The molecule has 0 saturated carbocycles. The van der Waals surface area contributed by atoms with Gasteiger partial charge in [0.15, 0.2) is 5.69 Å². The van der Waals surface area contributed by atoms with E-state index in [0.29, 0.717) is 11.4 Å². The summed E-state index contributed by atoms with van der Waals surface area (Å²) >= 11 is 0. The maximum atomic E-state index is 12.3. The molecule has 132 valence electrons. The van der Waals surface area contributed by atoms with Gasteiger partial charge in [0.25, 0.3) is 0 Å². The Bertz CT molecular complexity index is 918. The summed E-state index contributed by atoms with van der Waals surface area (Å²) in [6.45, 7) is 6.09. The summed E-state index contributed by atoms with van der Waals surface area (Å²) in [6.07, 6.45) is 3.92. The summed E-state index contributed by atoms with van der Waals surface area (Å²) in [5.74, 6) is 0.472. The molecule has 0 unspecified atom stereocenters. The molecular weight excluding hydrogens is 316 g/mol. The number of aromatic nitrogens is 3. The Kier molecular flexibility index (Phi) is 4.21. The van der Waals surface area contributed by atoms with Gasteiger partial charge in [-0.3, -0.25) is 4.40 Å². The largest absolute Gasteiger partial charge is 0.464 e. The number of nitrogens with zero attached hydrogens (tertiary/aromatic N) is 4. The van der Waals surface area contributed by atoms with Crippen LogP contribution in [-0.2, 0) is 11.3 Å². The molecule has 3 aromatic rings. The van der Waals surface area contributed by atoms with Crippen LogP contribution in [0.1, 0.15) is 35.4 Å². The number of carbonyl (C=O) groups excluding carboxylic acids is 1. The lowest BCUT2D eigenvalue weighted by Gasteiger charge is -2.26. The van der Waals surface area contributed by atoms with Crippen molar-refractivity contribution in [3.05, 3.63) is 35.7 Å². The second kappa shape index (κ2) is 6.52. The molecule has 1 aliphatic rings. The SMILES string of the molecule is COC(=O)c1c(C)nc2n(CCN3CCCCC3)c3ccccc3n12. The van der Waals surface area contributed by atoms with E-state index < -0.39 is 0 Å². The minimum absolute atomic E-state index is 0.344. The Morgan fingerprint density at radius 1 is 1.12 bits per heavy atom. The van der Waals surface area contributed by atoms with Crippen LogP contribution in [0.25, 0.3) is 16.8 Å². The third-order valence-corrected chi connectivity index (χ3v) is 5.16. The number of carbonyl (C=O) groups is 1. The highest BCUT2D eigenvalue weighted by Gasteiger charge is 2.23. The van der Waals surface area contributed by atoms with Gasteiger partial charge in [0.2, 0.25) is 5.78 Å². The Morgan fingerprint density at radius 2 is 1.84 bits per heavy atom. The van der Waals surface area contributed by atoms with Gasteiger partial charge in [-0.2, -0.15) is 0 Å². The van der Waals surface area contributed by atoms with Gasteiger partial charge >= 0.3 is 5.97 Å². The number of esters is 1. The fraction of sp³-hybridized carbons (Fsp3) is 0.474. The van der Waals surface area contributed by atoms with E-state index >= 15 is 0 Å². The summed E-state index contributed by atoms with van der Waals surface area (Å²) in [5.41, 5.74) is 3.33. The summed E-state index contributed by atoms with van der Waals surface area (Å²) < 4.78 is 9.14. The molecule has 0 N–H and O–H groups in total. The number of fused-ring (bicyclic) bond motifs is 3. The second-order valence-corrected chi connectivity index (χ2v) is 6.72. The standard InChI is InChI=1S/C19H24N4O2/c1-14-17(18(24)25-2)23-16-9-5-4-8-15(16)22(19(23)20-14)13-12-21-10-6-3-7-11-21/h4-5,8-9H,3,6-7,10-13H2,1-2H3. The normalized spacial score (nSPS) is 15.9. The average molecular weight is 340 g/mol. The van der Waals surface area contributed by atoms with E-state index in [2.05, 4.69) is 20.5 Å². The van der Waals surface area contributed by atoms with E-state index in [0.717, 1.165) is 29.9 Å². The van der Waals surface area contributed by atoms with Crippen molar-refractivity contribution in [1.82, 2.24) is 18.9 Å². The summed E-state index contributed by atoms with van der Waals surface area (Å²) in [5, 5.41) is 0. The molecule has 6 heteroatoms. The summed E-state index contributed by atoms with van der Waals surface area (Å²) in [7, 11) is 1.41. The molecule has 3 heterocycles. The van der Waals surface area contributed by atoms with Crippen molar-refractivity contribution in [3.63, 3.8) is 0 Å². The van der Waals surface area contributed by atoms with Crippen molar-refractivity contribution in [1.29, 1.82) is 0 Å². The summed E-state index contributed by atoms with van der Waals surface area (Å²) in [6, 6.07) is 8.15. The zero-order valence-electron chi connectivity index (χ0n) is 14.9. The number of ether oxygens (including phenoxy) is 1. The van der Waals surface area contributed by atoms with E-state index in [1.54, 1.807) is 0 Å². The minimum Gasteiger partial charge on any atom is -0.464 e. The average Bonchev–Trinajstić information content (AvgIpc) is 3.13. The van der Waals surface area contributed by atoms with Crippen molar-refractivity contribution in [3.8, 4) is 0 Å². The van der Waals surface area contributed by atoms with Gasteiger partial charge in [-0.25, -0.2) is 9.78 Å². The van der Waals surface area contributed by atoms with Crippen LogP contribution in [0.15, 0.2) is 24.3 Å². The molecule has 0 aliphatic carbocycles. The zero-order valence-corrected chi connectivity index (χ0v) is 14.9. The maximum absolute atomic E-state index is 12.3. The molecule has 1 fully saturated rings. The van der Waals surface area contributed by atoms with Gasteiger partial charge in [-0.1, -0.05) is 18.6 Å². The van der Waals surface area contributed by atoms with Gasteiger partial charge in [-0.05, 0) is 45.0 Å². The molecule has 25 heavy (non-hydrogen) atoms. The predicted molar refractivity (Wildman–Crippen MR) is 97.1 cm³/mol. The molecule has 6 nitrogen and oxygen atoms in total. The van der Waals surface area contributed by atoms with E-state index in [4.69, 9.17) is 4.74 Å². The van der Waals surface area contributed by atoms with Crippen molar-refractivity contribution in [2.75, 3.05) is 26.7 Å². The van der Waals surface area contributed by atoms with Crippen LogP contribution in [0.2, 0.25) is 0 Å². The molecule has 0 bridgehead atoms. The first-order valence-electron chi connectivity index (χ1n) is 8.97. The number of rotatable bonds is 4. The van der Waals surface area contributed by atoms with Gasteiger partial charge in [0, 0.05) is 13.1 Å². The van der Waals surface area contributed by atoms with Crippen molar-refractivity contribution in [2.45, 2.75) is 32.7 Å². The van der Waals surface area contributed by atoms with Crippen LogP contribution in [-0.4, -0.2) is 51.6 Å². The van der Waals surface area contributed by atoms with Crippen LogP contribution in [0.4, 0.5) is 0 Å². The Hall–Kier alpha value is -2.34. The lowest BCUT2D eigenvalue weighted by atomic mass is 10.1. The highest BCUT2D eigenvalue weighted by Crippen LogP contribution is 2.25. The third-order valence-electron chi connectivity index (χ3n) is 5.16. The van der Waals surface area contributed by atoms with E-state index in [1.807, 2.05) is 29.5 Å². The highest BCUT2D eigenvalue weighted by molar-refractivity contribution is 5.93. The van der Waals surface area contributed by atoms with Gasteiger partial charge < -0.3 is 14.2 Å². The molecule has 4 rings (SSSR count). The van der Waals surface area contributed by atoms with Crippen molar-refractivity contribution < 1.29 is 9.53 Å². The number of benzene rings is 1. The smallest absolute Gasteiger partial charge is 0.357 e. The highest BCUT2D eigenvalue weighted by atomic mass is 16.5. The fourth-order valence-corrected chi connectivity index (χ4v) is 3.89. The molecule has 1 aromatic carbocycles. The van der Waals surface area contributed by atoms with E-state index in [9.17, 15) is 4.79 Å². The van der Waals surface area contributed by atoms with Crippen LogP contribution in [0, 0.1) is 6.92 Å².